The monoisotopic (exact) mass is 278 g/mol. The van der Waals surface area contributed by atoms with Crippen molar-refractivity contribution < 1.29 is 13.6 Å². The lowest BCUT2D eigenvalue weighted by Crippen LogP contribution is -2.32. The number of rotatable bonds is 2. The Labute approximate surface area is 93.8 Å². The van der Waals surface area contributed by atoms with Crippen molar-refractivity contribution in [2.24, 2.45) is 5.73 Å². The molecule has 1 aromatic carbocycles. The zero-order valence-electron chi connectivity index (χ0n) is 7.85. The minimum Gasteiger partial charge on any atom is -0.321 e. The van der Waals surface area contributed by atoms with Gasteiger partial charge in [0.2, 0.25) is 5.91 Å². The minimum atomic E-state index is -0.851. The Bertz CT molecular complexity index is 373. The summed E-state index contributed by atoms with van der Waals surface area (Å²) in [6.45, 7) is 1.46. The molecule has 3 N–H and O–H groups in total. The molecular weight excluding hydrogens is 270 g/mol. The molecule has 0 aliphatic rings. The van der Waals surface area contributed by atoms with Crippen LogP contribution in [-0.4, -0.2) is 11.9 Å². The molecule has 3 nitrogen and oxygen atoms in total. The lowest BCUT2D eigenvalue weighted by atomic mass is 10.2. The number of anilines is 1. The third kappa shape index (κ3) is 2.97. The highest BCUT2D eigenvalue weighted by molar-refractivity contribution is 9.10. The Morgan fingerprint density at radius 3 is 2.60 bits per heavy atom. The first-order chi connectivity index (χ1) is 6.91. The Morgan fingerprint density at radius 1 is 1.53 bits per heavy atom. The fourth-order valence-corrected chi connectivity index (χ4v) is 1.41. The first-order valence-corrected chi connectivity index (χ1v) is 4.92. The van der Waals surface area contributed by atoms with E-state index in [0.29, 0.717) is 6.07 Å². The number of amides is 1. The molecule has 0 aliphatic carbocycles. The topological polar surface area (TPSA) is 55.1 Å². The number of carbonyl (C=O) groups is 1. The summed E-state index contributed by atoms with van der Waals surface area (Å²) < 4.78 is 26.0. The highest BCUT2D eigenvalue weighted by Crippen LogP contribution is 2.26. The molecule has 1 atom stereocenters. The summed E-state index contributed by atoms with van der Waals surface area (Å²) in [7, 11) is 0. The molecule has 1 rings (SSSR count). The van der Waals surface area contributed by atoms with Gasteiger partial charge < -0.3 is 11.1 Å². The van der Waals surface area contributed by atoms with Gasteiger partial charge in [0.15, 0.2) is 5.82 Å². The van der Waals surface area contributed by atoms with Crippen LogP contribution in [0.3, 0.4) is 0 Å². The van der Waals surface area contributed by atoms with E-state index >= 15 is 0 Å². The van der Waals surface area contributed by atoms with Gasteiger partial charge in [0, 0.05) is 10.5 Å². The molecule has 6 heteroatoms. The Morgan fingerprint density at radius 2 is 2.13 bits per heavy atom. The van der Waals surface area contributed by atoms with Crippen molar-refractivity contribution in [1.29, 1.82) is 0 Å². The summed E-state index contributed by atoms with van der Waals surface area (Å²) in [6.07, 6.45) is 0. The molecule has 0 fully saturated rings. The lowest BCUT2D eigenvalue weighted by molar-refractivity contribution is -0.117. The number of carbonyl (C=O) groups excluding carboxylic acids is 1. The first kappa shape index (κ1) is 12.1. The highest BCUT2D eigenvalue weighted by Gasteiger charge is 2.14. The third-order valence-corrected chi connectivity index (χ3v) is 2.29. The molecule has 0 saturated carbocycles. The second-order valence-electron chi connectivity index (χ2n) is 3.02. The normalized spacial score (nSPS) is 12.3. The van der Waals surface area contributed by atoms with Gasteiger partial charge in [0.1, 0.15) is 5.82 Å². The molecule has 0 bridgehead atoms. The first-order valence-electron chi connectivity index (χ1n) is 4.13. The molecule has 0 unspecified atom stereocenters. The van der Waals surface area contributed by atoms with Gasteiger partial charge >= 0.3 is 0 Å². The second-order valence-corrected chi connectivity index (χ2v) is 3.88. The van der Waals surface area contributed by atoms with E-state index in [-0.39, 0.29) is 10.2 Å². The molecule has 0 aliphatic heterocycles. The number of halogens is 3. The van der Waals surface area contributed by atoms with E-state index in [2.05, 4.69) is 21.2 Å². The fraction of sp³-hybridized carbons (Fsp3) is 0.222. The van der Waals surface area contributed by atoms with Crippen LogP contribution in [0.15, 0.2) is 16.6 Å². The van der Waals surface area contributed by atoms with Crippen LogP contribution in [0.4, 0.5) is 14.5 Å². The highest BCUT2D eigenvalue weighted by atomic mass is 79.9. The molecule has 15 heavy (non-hydrogen) atoms. The largest absolute Gasteiger partial charge is 0.321 e. The predicted octanol–water partition coefficient (Wildman–Crippen LogP) is 2.01. The summed E-state index contributed by atoms with van der Waals surface area (Å²) in [5.74, 6) is -2.12. The van der Waals surface area contributed by atoms with Crippen LogP contribution >= 0.6 is 15.9 Å². The Kier molecular flexibility index (Phi) is 3.76. The molecule has 0 radical (unpaired) electrons. The predicted molar refractivity (Wildman–Crippen MR) is 56.3 cm³/mol. The van der Waals surface area contributed by atoms with Gasteiger partial charge in [-0.25, -0.2) is 8.78 Å². The lowest BCUT2D eigenvalue weighted by Gasteiger charge is -2.10. The molecule has 0 saturated heterocycles. The second kappa shape index (κ2) is 4.67. The molecule has 0 aromatic heterocycles. The molecule has 1 amide bonds. The quantitative estimate of drug-likeness (QED) is 0.870. The van der Waals surface area contributed by atoms with Gasteiger partial charge in [-0.3, -0.25) is 4.79 Å². The van der Waals surface area contributed by atoms with Gasteiger partial charge in [0.25, 0.3) is 0 Å². The molecule has 0 spiro atoms. The Balaban J connectivity index is 3.00. The summed E-state index contributed by atoms with van der Waals surface area (Å²) >= 11 is 2.94. The maximum Gasteiger partial charge on any atom is 0.241 e. The van der Waals surface area contributed by atoms with Crippen LogP contribution in [0.1, 0.15) is 6.92 Å². The van der Waals surface area contributed by atoms with Gasteiger partial charge in [-0.05, 0) is 28.9 Å². The van der Waals surface area contributed by atoms with Crippen molar-refractivity contribution in [3.05, 3.63) is 28.2 Å². The number of nitrogens with two attached hydrogens (primary N) is 1. The SMILES string of the molecule is C[C@@H](N)C(=O)Nc1c(F)cc(F)cc1Br. The standard InChI is InChI=1S/C9H9BrF2N2O/c1-4(13)9(15)14-8-6(10)2-5(11)3-7(8)12/h2-4H,13H2,1H3,(H,14,15)/t4-/m1/s1. The van der Waals surface area contributed by atoms with E-state index in [1.807, 2.05) is 0 Å². The van der Waals surface area contributed by atoms with E-state index in [9.17, 15) is 13.6 Å². The summed E-state index contributed by atoms with van der Waals surface area (Å²) in [6, 6.07) is 0.975. The van der Waals surface area contributed by atoms with Crippen LogP contribution < -0.4 is 11.1 Å². The average molecular weight is 279 g/mol. The van der Waals surface area contributed by atoms with Gasteiger partial charge in [0.05, 0.1) is 11.7 Å². The molecule has 0 heterocycles. The van der Waals surface area contributed by atoms with Crippen LogP contribution in [0.5, 0.6) is 0 Å². The van der Waals surface area contributed by atoms with Gasteiger partial charge in [-0.1, -0.05) is 0 Å². The van der Waals surface area contributed by atoms with Crippen molar-refractivity contribution >= 4 is 27.5 Å². The van der Waals surface area contributed by atoms with Crippen LogP contribution in [0.2, 0.25) is 0 Å². The molecular formula is C9H9BrF2N2O. The van der Waals surface area contributed by atoms with E-state index in [4.69, 9.17) is 5.73 Å². The molecule has 1 aromatic rings. The molecule has 82 valence electrons. The van der Waals surface area contributed by atoms with Crippen LogP contribution in [-0.2, 0) is 4.79 Å². The van der Waals surface area contributed by atoms with Gasteiger partial charge in [-0.2, -0.15) is 0 Å². The smallest absolute Gasteiger partial charge is 0.241 e. The number of benzene rings is 1. The van der Waals surface area contributed by atoms with Crippen molar-refractivity contribution in [2.75, 3.05) is 5.32 Å². The van der Waals surface area contributed by atoms with Crippen molar-refractivity contribution in [3.63, 3.8) is 0 Å². The van der Waals surface area contributed by atoms with E-state index < -0.39 is 23.6 Å². The van der Waals surface area contributed by atoms with E-state index in [0.717, 1.165) is 6.07 Å². The zero-order valence-corrected chi connectivity index (χ0v) is 9.44. The van der Waals surface area contributed by atoms with E-state index in [1.165, 1.54) is 6.92 Å². The number of nitrogens with one attached hydrogen (secondary N) is 1. The van der Waals surface area contributed by atoms with Crippen LogP contribution in [0.25, 0.3) is 0 Å². The number of hydrogen-bond donors (Lipinski definition) is 2. The maximum atomic E-state index is 13.2. The van der Waals surface area contributed by atoms with Crippen molar-refractivity contribution in [1.82, 2.24) is 0 Å². The van der Waals surface area contributed by atoms with Crippen LogP contribution in [0, 0.1) is 11.6 Å². The summed E-state index contributed by atoms with van der Waals surface area (Å²) in [5.41, 5.74) is 5.18. The summed E-state index contributed by atoms with van der Waals surface area (Å²) in [5, 5.41) is 2.25. The van der Waals surface area contributed by atoms with Crippen molar-refractivity contribution in [2.45, 2.75) is 13.0 Å². The third-order valence-electron chi connectivity index (χ3n) is 1.67. The summed E-state index contributed by atoms with van der Waals surface area (Å²) in [4.78, 5) is 11.2. The number of hydrogen-bond acceptors (Lipinski definition) is 2. The average Bonchev–Trinajstić information content (AvgIpc) is 2.10. The van der Waals surface area contributed by atoms with E-state index in [1.54, 1.807) is 0 Å². The van der Waals surface area contributed by atoms with Crippen molar-refractivity contribution in [3.8, 4) is 0 Å². The maximum absolute atomic E-state index is 13.2. The zero-order chi connectivity index (χ0) is 11.6. The Hall–Kier alpha value is -1.01. The fourth-order valence-electron chi connectivity index (χ4n) is 0.899. The van der Waals surface area contributed by atoms with Gasteiger partial charge in [-0.15, -0.1) is 0 Å². The minimum absolute atomic E-state index is 0.112.